The lowest BCUT2D eigenvalue weighted by molar-refractivity contribution is 0.185. The van der Waals surface area contributed by atoms with Crippen LogP contribution in [0.1, 0.15) is 37.1 Å². The summed E-state index contributed by atoms with van der Waals surface area (Å²) in [4.78, 5) is 5.65. The van der Waals surface area contributed by atoms with Gasteiger partial charge in [0.15, 0.2) is 0 Å². The molecule has 1 radical (unpaired) electrons. The van der Waals surface area contributed by atoms with Gasteiger partial charge in [0.2, 0.25) is 10.0 Å². The molecule has 0 fully saturated rings. The smallest absolute Gasteiger partial charge is 0.244 e. The number of H-pyrrole nitrogens is 1. The minimum atomic E-state index is -3.40. The molecule has 1 aliphatic rings. The maximum Gasteiger partial charge on any atom is 0.244 e. The van der Waals surface area contributed by atoms with E-state index in [1.807, 2.05) is 19.1 Å². The molecule has 1 aromatic heterocycles. The molecule has 0 aliphatic carbocycles. The fourth-order valence-electron chi connectivity index (χ4n) is 2.89. The van der Waals surface area contributed by atoms with Crippen LogP contribution in [0.15, 0.2) is 23.3 Å². The van der Waals surface area contributed by atoms with Crippen LogP contribution in [0.2, 0.25) is 0 Å². The van der Waals surface area contributed by atoms with Crippen LogP contribution in [0, 0.1) is 6.10 Å². The van der Waals surface area contributed by atoms with Crippen molar-refractivity contribution in [3.63, 3.8) is 0 Å². The Bertz CT molecular complexity index is 868. The first kappa shape index (κ1) is 16.0. The third-order valence-corrected chi connectivity index (χ3v) is 4.34. The van der Waals surface area contributed by atoms with E-state index < -0.39 is 10.0 Å². The average molecular weight is 334 g/mol. The third-order valence-electron chi connectivity index (χ3n) is 3.92. The van der Waals surface area contributed by atoms with Crippen LogP contribution in [0.4, 0.5) is 0 Å². The number of para-hydroxylation sites is 1. The zero-order chi connectivity index (χ0) is 16.6. The van der Waals surface area contributed by atoms with E-state index in [0.29, 0.717) is 5.71 Å². The first-order chi connectivity index (χ1) is 10.9. The average Bonchev–Trinajstić information content (AvgIpc) is 2.91. The summed E-state index contributed by atoms with van der Waals surface area (Å²) in [5.41, 5.74) is 4.67. The lowest BCUT2D eigenvalue weighted by Gasteiger charge is -2.22. The van der Waals surface area contributed by atoms with E-state index in [0.717, 1.165) is 47.4 Å². The summed E-state index contributed by atoms with van der Waals surface area (Å²) in [6.07, 6.45) is 3.62. The Morgan fingerprint density at radius 1 is 1.30 bits per heavy atom. The van der Waals surface area contributed by atoms with Crippen LogP contribution < -0.4 is 4.83 Å². The normalized spacial score (nSPS) is 17.6. The molecular weight excluding hydrogens is 314 g/mol. The van der Waals surface area contributed by atoms with E-state index in [1.54, 1.807) is 0 Å². The number of aryl methyl sites for hydroxylation is 1. The number of ether oxygens (including phenoxy) is 1. The van der Waals surface area contributed by atoms with E-state index in [1.165, 1.54) is 5.56 Å². The zero-order valence-electron chi connectivity index (χ0n) is 13.4. The molecule has 1 aromatic carbocycles. The van der Waals surface area contributed by atoms with Gasteiger partial charge >= 0.3 is 0 Å². The molecule has 2 heterocycles. The number of hydrogen-bond acceptors (Lipinski definition) is 4. The number of hydrazone groups is 1. The lowest BCUT2D eigenvalue weighted by Crippen LogP contribution is -2.27. The second-order valence-corrected chi connectivity index (χ2v) is 7.28. The van der Waals surface area contributed by atoms with Gasteiger partial charge in [0, 0.05) is 16.5 Å². The quantitative estimate of drug-likeness (QED) is 0.842. The van der Waals surface area contributed by atoms with Crippen molar-refractivity contribution in [2.24, 2.45) is 5.10 Å². The number of fused-ring (bicyclic) bond motifs is 3. The number of nitrogens with zero attached hydrogens (tertiary/aromatic N) is 1. The van der Waals surface area contributed by atoms with Crippen LogP contribution in [0.5, 0.6) is 0 Å². The zero-order valence-corrected chi connectivity index (χ0v) is 14.3. The first-order valence-corrected chi connectivity index (χ1v) is 9.50. The van der Waals surface area contributed by atoms with Gasteiger partial charge in [0.1, 0.15) is 6.10 Å². The number of hydrogen-bond donors (Lipinski definition) is 2. The molecule has 6 nitrogen and oxygen atoms in total. The molecule has 0 unspecified atom stereocenters. The summed E-state index contributed by atoms with van der Waals surface area (Å²) in [5.74, 6) is 0. The highest BCUT2D eigenvalue weighted by Gasteiger charge is 2.29. The minimum Gasteiger partial charge on any atom is -0.359 e. The molecule has 0 saturated heterocycles. The van der Waals surface area contributed by atoms with E-state index in [2.05, 4.69) is 27.9 Å². The van der Waals surface area contributed by atoms with E-state index in [4.69, 9.17) is 4.74 Å². The fraction of sp³-hybridized carbons (Fsp3) is 0.375. The van der Waals surface area contributed by atoms with E-state index in [9.17, 15) is 8.42 Å². The van der Waals surface area contributed by atoms with Gasteiger partial charge in [-0.1, -0.05) is 32.0 Å². The Hall–Kier alpha value is -1.86. The monoisotopic (exact) mass is 334 g/mol. The standard InChI is InChI=1S/C16H20N3O3S/c1-4-10-7-6-8-11-14-12(18-19-23(3,20)21)9-22-13(5-2)16(14)17-15(10)11/h6-8,17,19H,4-5,9H2,1-3H3. The van der Waals surface area contributed by atoms with Gasteiger partial charge in [-0.2, -0.15) is 5.10 Å². The van der Waals surface area contributed by atoms with Crippen molar-refractivity contribution in [3.8, 4) is 0 Å². The summed E-state index contributed by atoms with van der Waals surface area (Å²) in [6.45, 7) is 4.39. The predicted molar refractivity (Wildman–Crippen MR) is 90.8 cm³/mol. The number of aromatic nitrogens is 1. The van der Waals surface area contributed by atoms with Crippen molar-refractivity contribution in [1.82, 2.24) is 9.82 Å². The molecule has 1 aliphatic heterocycles. The summed E-state index contributed by atoms with van der Waals surface area (Å²) >= 11 is 0. The number of sulfonamides is 1. The molecule has 2 N–H and O–H groups in total. The summed E-state index contributed by atoms with van der Waals surface area (Å²) in [6, 6.07) is 6.12. The maximum absolute atomic E-state index is 11.3. The molecule has 0 saturated carbocycles. The number of aromatic amines is 1. The van der Waals surface area contributed by atoms with Gasteiger partial charge in [-0.05, 0) is 18.4 Å². The Balaban J connectivity index is 2.21. The molecule has 3 rings (SSSR count). The highest BCUT2D eigenvalue weighted by molar-refractivity contribution is 7.88. The van der Waals surface area contributed by atoms with Crippen LogP contribution in [-0.2, 0) is 21.2 Å². The fourth-order valence-corrected chi connectivity index (χ4v) is 3.16. The summed E-state index contributed by atoms with van der Waals surface area (Å²) in [7, 11) is -3.40. The van der Waals surface area contributed by atoms with Gasteiger partial charge in [0.25, 0.3) is 0 Å². The van der Waals surface area contributed by atoms with Crippen molar-refractivity contribution in [1.29, 1.82) is 0 Å². The molecule has 0 bridgehead atoms. The van der Waals surface area contributed by atoms with Crippen LogP contribution in [-0.4, -0.2) is 32.0 Å². The van der Waals surface area contributed by atoms with Crippen molar-refractivity contribution in [3.05, 3.63) is 41.1 Å². The minimum absolute atomic E-state index is 0.252. The van der Waals surface area contributed by atoms with E-state index in [-0.39, 0.29) is 6.61 Å². The Morgan fingerprint density at radius 2 is 2.09 bits per heavy atom. The predicted octanol–water partition coefficient (Wildman–Crippen LogP) is 2.30. The number of nitrogens with one attached hydrogen (secondary N) is 2. The summed E-state index contributed by atoms with van der Waals surface area (Å²) < 4.78 is 28.4. The molecule has 123 valence electrons. The largest absolute Gasteiger partial charge is 0.359 e. The molecule has 0 amide bonds. The molecule has 0 atom stereocenters. The Morgan fingerprint density at radius 3 is 2.74 bits per heavy atom. The van der Waals surface area contributed by atoms with E-state index >= 15 is 0 Å². The van der Waals surface area contributed by atoms with Gasteiger partial charge in [-0.3, -0.25) is 0 Å². The maximum atomic E-state index is 11.3. The molecular formula is C16H20N3O3S. The van der Waals surface area contributed by atoms with Crippen LogP contribution in [0.3, 0.4) is 0 Å². The molecule has 2 aromatic rings. The third kappa shape index (κ3) is 2.98. The van der Waals surface area contributed by atoms with Gasteiger partial charge < -0.3 is 9.72 Å². The van der Waals surface area contributed by atoms with Crippen molar-refractivity contribution < 1.29 is 13.2 Å². The molecule has 23 heavy (non-hydrogen) atoms. The summed E-state index contributed by atoms with van der Waals surface area (Å²) in [5, 5.41) is 5.11. The van der Waals surface area contributed by atoms with Crippen molar-refractivity contribution >= 4 is 26.6 Å². The second kappa shape index (κ2) is 5.98. The molecule has 0 spiro atoms. The Kier molecular flexibility index (Phi) is 4.16. The van der Waals surface area contributed by atoms with Crippen molar-refractivity contribution in [2.75, 3.05) is 12.9 Å². The van der Waals surface area contributed by atoms with Gasteiger partial charge in [0.05, 0.1) is 24.3 Å². The lowest BCUT2D eigenvalue weighted by atomic mass is 9.98. The Labute approximate surface area is 136 Å². The first-order valence-electron chi connectivity index (χ1n) is 7.60. The van der Waals surface area contributed by atoms with Gasteiger partial charge in [-0.25, -0.2) is 13.2 Å². The SMILES string of the molecule is CC[C]1OCC(=NNS(C)(=O)=O)c2c1[nH]c1c(CC)cccc21. The van der Waals surface area contributed by atoms with Crippen LogP contribution in [0.25, 0.3) is 10.9 Å². The highest BCUT2D eigenvalue weighted by Crippen LogP contribution is 2.35. The van der Waals surface area contributed by atoms with Crippen LogP contribution >= 0.6 is 0 Å². The topological polar surface area (TPSA) is 83.5 Å². The van der Waals surface area contributed by atoms with Gasteiger partial charge in [-0.15, -0.1) is 0 Å². The number of benzene rings is 1. The highest BCUT2D eigenvalue weighted by atomic mass is 32.2. The second-order valence-electron chi connectivity index (χ2n) is 5.56. The molecule has 7 heteroatoms. The van der Waals surface area contributed by atoms with Crippen molar-refractivity contribution in [2.45, 2.75) is 26.7 Å². The number of rotatable bonds is 4.